The van der Waals surface area contributed by atoms with E-state index in [1.165, 1.54) is 13.2 Å². The van der Waals surface area contributed by atoms with E-state index in [-0.39, 0.29) is 30.6 Å². The second-order valence-corrected chi connectivity index (χ2v) is 4.73. The second-order valence-electron chi connectivity index (χ2n) is 4.73. The SMILES string of the molecule is COCc1cc(=O)n(CC(=O)NCc2ccccc2)c(N)n1. The van der Waals surface area contributed by atoms with Crippen molar-refractivity contribution < 1.29 is 9.53 Å². The van der Waals surface area contributed by atoms with Crippen LogP contribution in [0.4, 0.5) is 5.95 Å². The van der Waals surface area contributed by atoms with Gasteiger partial charge in [-0.1, -0.05) is 30.3 Å². The van der Waals surface area contributed by atoms with Gasteiger partial charge in [-0.05, 0) is 5.56 Å². The molecule has 0 saturated heterocycles. The summed E-state index contributed by atoms with van der Waals surface area (Å²) in [5.74, 6) is -0.312. The number of benzene rings is 1. The van der Waals surface area contributed by atoms with E-state index >= 15 is 0 Å². The fourth-order valence-electron chi connectivity index (χ4n) is 1.95. The molecule has 0 aliphatic heterocycles. The summed E-state index contributed by atoms with van der Waals surface area (Å²) in [4.78, 5) is 27.9. The number of rotatable bonds is 6. The first kappa shape index (κ1) is 15.7. The van der Waals surface area contributed by atoms with Crippen LogP contribution in [-0.2, 0) is 29.2 Å². The van der Waals surface area contributed by atoms with Gasteiger partial charge in [-0.3, -0.25) is 14.2 Å². The van der Waals surface area contributed by atoms with Crippen LogP contribution < -0.4 is 16.6 Å². The van der Waals surface area contributed by atoms with E-state index < -0.39 is 0 Å². The van der Waals surface area contributed by atoms with Gasteiger partial charge >= 0.3 is 0 Å². The molecule has 0 atom stereocenters. The largest absolute Gasteiger partial charge is 0.378 e. The minimum Gasteiger partial charge on any atom is -0.378 e. The van der Waals surface area contributed by atoms with Gasteiger partial charge in [0, 0.05) is 19.7 Å². The third-order valence-electron chi connectivity index (χ3n) is 3.02. The lowest BCUT2D eigenvalue weighted by Crippen LogP contribution is -2.33. The molecule has 0 aliphatic rings. The molecule has 0 spiro atoms. The maximum atomic E-state index is 12.0. The summed E-state index contributed by atoms with van der Waals surface area (Å²) >= 11 is 0. The van der Waals surface area contributed by atoms with Crippen molar-refractivity contribution in [3.8, 4) is 0 Å². The van der Waals surface area contributed by atoms with Gasteiger partial charge in [0.15, 0.2) is 0 Å². The smallest absolute Gasteiger partial charge is 0.255 e. The summed E-state index contributed by atoms with van der Waals surface area (Å²) in [6.45, 7) is 0.418. The van der Waals surface area contributed by atoms with Crippen molar-refractivity contribution in [3.05, 3.63) is 58.0 Å². The monoisotopic (exact) mass is 302 g/mol. The molecule has 116 valence electrons. The molecule has 0 aliphatic carbocycles. The van der Waals surface area contributed by atoms with Crippen molar-refractivity contribution >= 4 is 11.9 Å². The Morgan fingerprint density at radius 3 is 2.73 bits per heavy atom. The summed E-state index contributed by atoms with van der Waals surface area (Å²) in [5.41, 5.74) is 6.76. The lowest BCUT2D eigenvalue weighted by Gasteiger charge is -2.10. The molecule has 0 fully saturated rings. The molecule has 22 heavy (non-hydrogen) atoms. The minimum atomic E-state index is -0.380. The zero-order valence-corrected chi connectivity index (χ0v) is 12.3. The third-order valence-corrected chi connectivity index (χ3v) is 3.02. The number of aromatic nitrogens is 2. The summed E-state index contributed by atoms with van der Waals surface area (Å²) in [5, 5.41) is 2.73. The van der Waals surface area contributed by atoms with Gasteiger partial charge in [-0.15, -0.1) is 0 Å². The molecule has 1 amide bonds. The van der Waals surface area contributed by atoms with Crippen molar-refractivity contribution in [2.24, 2.45) is 0 Å². The van der Waals surface area contributed by atoms with Crippen molar-refractivity contribution in [1.29, 1.82) is 0 Å². The maximum Gasteiger partial charge on any atom is 0.255 e. The first-order valence-corrected chi connectivity index (χ1v) is 6.76. The van der Waals surface area contributed by atoms with Crippen LogP contribution in [0.3, 0.4) is 0 Å². The second kappa shape index (κ2) is 7.37. The highest BCUT2D eigenvalue weighted by molar-refractivity contribution is 5.76. The zero-order valence-electron chi connectivity index (χ0n) is 12.3. The number of amides is 1. The fourth-order valence-corrected chi connectivity index (χ4v) is 1.95. The number of hydrogen-bond acceptors (Lipinski definition) is 5. The van der Waals surface area contributed by atoms with Crippen LogP contribution in [0.15, 0.2) is 41.2 Å². The molecule has 2 rings (SSSR count). The van der Waals surface area contributed by atoms with Crippen LogP contribution in [-0.4, -0.2) is 22.6 Å². The lowest BCUT2D eigenvalue weighted by atomic mass is 10.2. The standard InChI is InChI=1S/C15H18N4O3/c1-22-10-12-7-14(21)19(15(16)18-12)9-13(20)17-8-11-5-3-2-4-6-11/h2-7H,8-10H2,1H3,(H2,16,18)(H,17,20). The van der Waals surface area contributed by atoms with Gasteiger partial charge in [0.2, 0.25) is 11.9 Å². The Balaban J connectivity index is 2.01. The average Bonchev–Trinajstić information content (AvgIpc) is 2.50. The Hall–Kier alpha value is -2.67. The number of carbonyl (C=O) groups excluding carboxylic acids is 1. The van der Waals surface area contributed by atoms with E-state index in [2.05, 4.69) is 10.3 Å². The van der Waals surface area contributed by atoms with Gasteiger partial charge < -0.3 is 15.8 Å². The molecule has 7 heteroatoms. The molecule has 0 radical (unpaired) electrons. The topological polar surface area (TPSA) is 99.2 Å². The normalized spacial score (nSPS) is 10.4. The molecule has 2 aromatic rings. The molecule has 1 heterocycles. The van der Waals surface area contributed by atoms with E-state index in [4.69, 9.17) is 10.5 Å². The maximum absolute atomic E-state index is 12.0. The molecule has 0 unspecified atom stereocenters. The van der Waals surface area contributed by atoms with Gasteiger partial charge in [0.05, 0.1) is 12.3 Å². The van der Waals surface area contributed by atoms with Gasteiger partial charge in [0.1, 0.15) is 6.54 Å². The molecule has 3 N–H and O–H groups in total. The number of nitrogen functional groups attached to an aromatic ring is 1. The number of carbonyl (C=O) groups is 1. The van der Waals surface area contributed by atoms with E-state index in [0.29, 0.717) is 12.2 Å². The molecular formula is C15H18N4O3. The van der Waals surface area contributed by atoms with Gasteiger partial charge in [0.25, 0.3) is 5.56 Å². The van der Waals surface area contributed by atoms with Crippen molar-refractivity contribution in [2.75, 3.05) is 12.8 Å². The number of ether oxygens (including phenoxy) is 1. The first-order chi connectivity index (χ1) is 10.6. The molecule has 0 saturated carbocycles. The summed E-state index contributed by atoms with van der Waals surface area (Å²) < 4.78 is 6.03. The highest BCUT2D eigenvalue weighted by Crippen LogP contribution is 2.00. The molecular weight excluding hydrogens is 284 g/mol. The lowest BCUT2D eigenvalue weighted by molar-refractivity contribution is -0.121. The summed E-state index contributed by atoms with van der Waals surface area (Å²) in [6.07, 6.45) is 0. The van der Waals surface area contributed by atoms with E-state index in [1.54, 1.807) is 0 Å². The average molecular weight is 302 g/mol. The van der Waals surface area contributed by atoms with Gasteiger partial charge in [-0.2, -0.15) is 0 Å². The van der Waals surface area contributed by atoms with E-state index in [9.17, 15) is 9.59 Å². The van der Waals surface area contributed by atoms with Crippen LogP contribution >= 0.6 is 0 Å². The van der Waals surface area contributed by atoms with Crippen molar-refractivity contribution in [2.45, 2.75) is 19.7 Å². The number of anilines is 1. The van der Waals surface area contributed by atoms with Crippen LogP contribution in [0.25, 0.3) is 0 Å². The third kappa shape index (κ3) is 4.16. The summed E-state index contributed by atoms with van der Waals surface area (Å²) in [7, 11) is 1.50. The fraction of sp³-hybridized carbons (Fsp3) is 0.267. The quantitative estimate of drug-likeness (QED) is 0.799. The van der Waals surface area contributed by atoms with Crippen LogP contribution in [0, 0.1) is 0 Å². The number of nitrogens with zero attached hydrogens (tertiary/aromatic N) is 2. The minimum absolute atomic E-state index is 0.00517. The van der Waals surface area contributed by atoms with Crippen LogP contribution in [0.1, 0.15) is 11.3 Å². The zero-order chi connectivity index (χ0) is 15.9. The first-order valence-electron chi connectivity index (χ1n) is 6.76. The summed E-state index contributed by atoms with van der Waals surface area (Å²) in [6, 6.07) is 10.8. The van der Waals surface area contributed by atoms with Crippen LogP contribution in [0.5, 0.6) is 0 Å². The van der Waals surface area contributed by atoms with Crippen molar-refractivity contribution in [1.82, 2.24) is 14.9 Å². The molecule has 1 aromatic carbocycles. The predicted octanol–water partition coefficient (Wildman–Crippen LogP) is 0.288. The number of hydrogen-bond donors (Lipinski definition) is 2. The Bertz CT molecular complexity index is 698. The van der Waals surface area contributed by atoms with Gasteiger partial charge in [-0.25, -0.2) is 4.98 Å². The highest BCUT2D eigenvalue weighted by atomic mass is 16.5. The predicted molar refractivity (Wildman–Crippen MR) is 81.9 cm³/mol. The van der Waals surface area contributed by atoms with Crippen molar-refractivity contribution in [3.63, 3.8) is 0 Å². The number of nitrogens with two attached hydrogens (primary N) is 1. The van der Waals surface area contributed by atoms with Crippen LogP contribution in [0.2, 0.25) is 0 Å². The molecule has 1 aromatic heterocycles. The highest BCUT2D eigenvalue weighted by Gasteiger charge is 2.10. The Morgan fingerprint density at radius 1 is 1.36 bits per heavy atom. The molecule has 0 bridgehead atoms. The Labute approximate surface area is 127 Å². The van der Waals surface area contributed by atoms with E-state index in [0.717, 1.165) is 10.1 Å². The Morgan fingerprint density at radius 2 is 2.09 bits per heavy atom. The Kier molecular flexibility index (Phi) is 5.26. The number of methoxy groups -OCH3 is 1. The molecule has 7 nitrogen and oxygen atoms in total. The number of nitrogens with one attached hydrogen (secondary N) is 1. The van der Waals surface area contributed by atoms with E-state index in [1.807, 2.05) is 30.3 Å².